The summed E-state index contributed by atoms with van der Waals surface area (Å²) in [5.41, 5.74) is 4.51. The highest BCUT2D eigenvalue weighted by molar-refractivity contribution is 5.76. The van der Waals surface area contributed by atoms with Gasteiger partial charge in [0.05, 0.1) is 5.56 Å². The average molecular weight is 512 g/mol. The van der Waals surface area contributed by atoms with Crippen molar-refractivity contribution in [3.8, 4) is 28.6 Å². The number of amides is 1. The number of hydrogen-bond acceptors (Lipinski definition) is 9. The van der Waals surface area contributed by atoms with E-state index in [-0.39, 0.29) is 13.2 Å². The van der Waals surface area contributed by atoms with Gasteiger partial charge >= 0.3 is 0 Å². The lowest BCUT2D eigenvalue weighted by atomic mass is 10.0. The first-order valence-electron chi connectivity index (χ1n) is 12.7. The smallest absolute Gasteiger partial charge is 0.259 e. The molecule has 0 aliphatic rings. The molecule has 37 heavy (non-hydrogen) atoms. The monoisotopic (exact) mass is 511 g/mol. The predicted octanol–water partition coefficient (Wildman–Crippen LogP) is 2.93. The van der Waals surface area contributed by atoms with E-state index < -0.39 is 18.6 Å². The summed E-state index contributed by atoms with van der Waals surface area (Å²) < 4.78 is 11.5. The fourth-order valence-electron chi connectivity index (χ4n) is 4.12. The molecule has 0 saturated carbocycles. The molecule has 1 amide bonds. The van der Waals surface area contributed by atoms with Gasteiger partial charge in [-0.3, -0.25) is 4.79 Å². The van der Waals surface area contributed by atoms with Gasteiger partial charge in [-0.25, -0.2) is 4.98 Å². The molecule has 1 unspecified atom stereocenters. The molecule has 2 heterocycles. The second kappa shape index (κ2) is 13.2. The number of ether oxygens (including phenoxy) is 1. The van der Waals surface area contributed by atoms with Crippen molar-refractivity contribution in [1.82, 2.24) is 20.4 Å². The molecule has 3 rings (SSSR count). The maximum atomic E-state index is 11.2. The minimum Gasteiger partial charge on any atom is -0.490 e. The van der Waals surface area contributed by atoms with E-state index in [1.54, 1.807) is 6.20 Å². The molecule has 0 aliphatic carbocycles. The summed E-state index contributed by atoms with van der Waals surface area (Å²) in [6, 6.07) is 5.93. The van der Waals surface area contributed by atoms with Crippen LogP contribution in [-0.4, -0.2) is 70.2 Å². The summed E-state index contributed by atoms with van der Waals surface area (Å²) in [5.74, 6) is 1.99. The van der Waals surface area contributed by atoms with Crippen molar-refractivity contribution in [3.63, 3.8) is 0 Å². The van der Waals surface area contributed by atoms with E-state index in [0.717, 1.165) is 53.1 Å². The van der Waals surface area contributed by atoms with Crippen LogP contribution in [0.3, 0.4) is 0 Å². The van der Waals surface area contributed by atoms with Crippen LogP contribution in [0.2, 0.25) is 0 Å². The number of carbonyl (C=O) groups excluding carboxylic acids is 1. The first-order valence-corrected chi connectivity index (χ1v) is 12.7. The normalized spacial score (nSPS) is 11.9. The van der Waals surface area contributed by atoms with Crippen LogP contribution >= 0.6 is 0 Å². The Balaban J connectivity index is 1.80. The van der Waals surface area contributed by atoms with Crippen molar-refractivity contribution in [3.05, 3.63) is 41.1 Å². The third kappa shape index (κ3) is 6.84. The lowest BCUT2D eigenvalue weighted by molar-refractivity contribution is -0.124. The molecule has 10 nitrogen and oxygen atoms in total. The molecule has 1 aromatic carbocycles. The van der Waals surface area contributed by atoms with Gasteiger partial charge in [0.1, 0.15) is 30.9 Å². The quantitative estimate of drug-likeness (QED) is 0.317. The van der Waals surface area contributed by atoms with Gasteiger partial charge in [0.25, 0.3) is 5.89 Å². The van der Waals surface area contributed by atoms with E-state index in [2.05, 4.69) is 47.2 Å². The zero-order valence-electron chi connectivity index (χ0n) is 22.2. The number of hydrogen-bond donors (Lipinski definition) is 3. The second-order valence-corrected chi connectivity index (χ2v) is 8.72. The number of aliphatic hydroxyl groups is 2. The molecule has 3 N–H and O–H groups in total. The van der Waals surface area contributed by atoms with Crippen LogP contribution in [0.4, 0.5) is 5.82 Å². The van der Waals surface area contributed by atoms with Crippen LogP contribution in [0.1, 0.15) is 44.4 Å². The summed E-state index contributed by atoms with van der Waals surface area (Å²) in [5, 5.41) is 25.5. The van der Waals surface area contributed by atoms with Gasteiger partial charge in [0.2, 0.25) is 11.7 Å². The van der Waals surface area contributed by atoms with E-state index in [0.29, 0.717) is 23.9 Å². The molecule has 0 bridgehead atoms. The summed E-state index contributed by atoms with van der Waals surface area (Å²) in [7, 11) is 0. The van der Waals surface area contributed by atoms with Gasteiger partial charge in [-0.2, -0.15) is 4.98 Å². The highest BCUT2D eigenvalue weighted by Crippen LogP contribution is 2.32. The zero-order chi connectivity index (χ0) is 26.9. The van der Waals surface area contributed by atoms with Gasteiger partial charge in [0, 0.05) is 31.4 Å². The summed E-state index contributed by atoms with van der Waals surface area (Å²) in [4.78, 5) is 22.7. The van der Waals surface area contributed by atoms with E-state index in [1.165, 1.54) is 0 Å². The zero-order valence-corrected chi connectivity index (χ0v) is 22.2. The average Bonchev–Trinajstić information content (AvgIpc) is 3.41. The Hall–Kier alpha value is -3.50. The number of aryl methyl sites for hydroxylation is 3. The lowest BCUT2D eigenvalue weighted by Gasteiger charge is -2.22. The minimum atomic E-state index is -0.909. The van der Waals surface area contributed by atoms with Gasteiger partial charge in [-0.15, -0.1) is 0 Å². The van der Waals surface area contributed by atoms with Crippen LogP contribution in [0, 0.1) is 6.92 Å². The van der Waals surface area contributed by atoms with Gasteiger partial charge in [-0.05, 0) is 68.5 Å². The van der Waals surface area contributed by atoms with Crippen molar-refractivity contribution >= 4 is 11.7 Å². The highest BCUT2D eigenvalue weighted by atomic mass is 16.5. The maximum Gasteiger partial charge on any atom is 0.259 e. The van der Waals surface area contributed by atoms with Crippen LogP contribution in [0.25, 0.3) is 22.8 Å². The Morgan fingerprint density at radius 2 is 1.81 bits per heavy atom. The second-order valence-electron chi connectivity index (χ2n) is 8.72. The van der Waals surface area contributed by atoms with Crippen molar-refractivity contribution in [1.29, 1.82) is 0 Å². The fourth-order valence-corrected chi connectivity index (χ4v) is 4.12. The van der Waals surface area contributed by atoms with Crippen molar-refractivity contribution < 1.29 is 24.3 Å². The number of rotatable bonds is 13. The third-order valence-electron chi connectivity index (χ3n) is 6.15. The Morgan fingerprint density at radius 1 is 1.11 bits per heavy atom. The topological polar surface area (TPSA) is 134 Å². The van der Waals surface area contributed by atoms with Gasteiger partial charge < -0.3 is 29.7 Å². The number of anilines is 1. The van der Waals surface area contributed by atoms with Crippen molar-refractivity contribution in [2.45, 2.75) is 53.6 Å². The number of nitrogens with zero attached hydrogens (tertiary/aromatic N) is 4. The molecular formula is C27H37N5O5. The Bertz CT molecular complexity index is 1190. The molecule has 3 aromatic rings. The van der Waals surface area contributed by atoms with Crippen LogP contribution in [-0.2, 0) is 17.6 Å². The van der Waals surface area contributed by atoms with Crippen molar-refractivity contribution in [2.24, 2.45) is 0 Å². The Kier molecular flexibility index (Phi) is 9.99. The molecule has 0 spiro atoms. The summed E-state index contributed by atoms with van der Waals surface area (Å²) in [6.07, 6.45) is 2.41. The number of pyridine rings is 1. The number of benzene rings is 1. The van der Waals surface area contributed by atoms with Crippen LogP contribution in [0.5, 0.6) is 5.75 Å². The summed E-state index contributed by atoms with van der Waals surface area (Å²) >= 11 is 0. The summed E-state index contributed by atoms with van der Waals surface area (Å²) in [6.45, 7) is 11.4. The first kappa shape index (κ1) is 28.1. The molecule has 0 aliphatic heterocycles. The molecule has 0 radical (unpaired) electrons. The molecule has 2 aromatic heterocycles. The molecule has 0 fully saturated rings. The maximum absolute atomic E-state index is 11.2. The van der Waals surface area contributed by atoms with Crippen molar-refractivity contribution in [2.75, 3.05) is 37.7 Å². The Morgan fingerprint density at radius 3 is 2.46 bits per heavy atom. The third-order valence-corrected chi connectivity index (χ3v) is 6.15. The largest absolute Gasteiger partial charge is 0.490 e. The van der Waals surface area contributed by atoms with Crippen LogP contribution < -0.4 is 15.0 Å². The van der Waals surface area contributed by atoms with E-state index in [1.807, 2.05) is 26.0 Å². The standard InChI is InChI=1S/C27H37N5O5/c1-6-18-11-20(10-17(5)24(18)36-16-22(34)14-28-23(35)15-33)25-30-27(37-31-25)21-12-19(7-2)26(29-13-21)32(8-3)9-4/h10-13,22,33-34H,6-9,14-16H2,1-5H3,(H,28,35). The molecule has 200 valence electrons. The number of aromatic nitrogens is 3. The minimum absolute atomic E-state index is 0.00149. The fraction of sp³-hybridized carbons (Fsp3) is 0.481. The number of aliphatic hydroxyl groups excluding tert-OH is 2. The number of carbonyl (C=O) groups is 1. The predicted molar refractivity (Wildman–Crippen MR) is 142 cm³/mol. The molecular weight excluding hydrogens is 474 g/mol. The van der Waals surface area contributed by atoms with E-state index in [4.69, 9.17) is 19.4 Å². The van der Waals surface area contributed by atoms with Gasteiger partial charge in [-0.1, -0.05) is 19.0 Å². The molecule has 1 atom stereocenters. The Labute approximate surface area is 217 Å². The van der Waals surface area contributed by atoms with Crippen LogP contribution in [0.15, 0.2) is 28.9 Å². The highest BCUT2D eigenvalue weighted by Gasteiger charge is 2.18. The van der Waals surface area contributed by atoms with E-state index in [9.17, 15) is 9.90 Å². The lowest BCUT2D eigenvalue weighted by Crippen LogP contribution is -2.36. The van der Waals surface area contributed by atoms with E-state index >= 15 is 0 Å². The van der Waals surface area contributed by atoms with Gasteiger partial charge in [0.15, 0.2) is 0 Å². The molecule has 0 saturated heterocycles. The first-order chi connectivity index (χ1) is 17.8. The molecule has 10 heteroatoms. The SMILES string of the molecule is CCc1cc(-c2nc(-c3cc(C)c(OCC(O)CNC(=O)CO)c(CC)c3)no2)cnc1N(CC)CC. The number of nitrogens with one attached hydrogen (secondary N) is 1.